The molecule has 0 amide bonds. The molecule has 0 radical (unpaired) electrons. The third-order valence-electron chi connectivity index (χ3n) is 2.46. The van der Waals surface area contributed by atoms with E-state index in [4.69, 9.17) is 0 Å². The van der Waals surface area contributed by atoms with Gasteiger partial charge in [0.2, 0.25) is 0 Å². The van der Waals surface area contributed by atoms with Gasteiger partial charge in [-0.25, -0.2) is 0 Å². The van der Waals surface area contributed by atoms with E-state index in [0.29, 0.717) is 0 Å². The Kier molecular flexibility index (Phi) is 6.39. The summed E-state index contributed by atoms with van der Waals surface area (Å²) in [6, 6.07) is 0. The highest BCUT2D eigenvalue weighted by Crippen LogP contribution is 2.19. The van der Waals surface area contributed by atoms with Crippen LogP contribution in [0.5, 0.6) is 0 Å². The molecule has 2 nitrogen and oxygen atoms in total. The Morgan fingerprint density at radius 2 is 1.50 bits per heavy atom. The van der Waals surface area contributed by atoms with E-state index >= 15 is 0 Å². The van der Waals surface area contributed by atoms with Crippen LogP contribution in [-0.2, 0) is 0 Å². The molecule has 0 aromatic rings. The number of hydrogen-bond donors (Lipinski definition) is 2. The maximum atomic E-state index is 9.65. The van der Waals surface area contributed by atoms with Gasteiger partial charge in [-0.05, 0) is 19.3 Å². The number of aliphatic hydroxyl groups excluding tert-OH is 2. The molecule has 3 atom stereocenters. The molecule has 0 aliphatic heterocycles. The molecule has 0 saturated carbocycles. The normalized spacial score (nSPS) is 18.8. The van der Waals surface area contributed by atoms with Gasteiger partial charge in [-0.2, -0.15) is 0 Å². The molecule has 0 aliphatic carbocycles. The summed E-state index contributed by atoms with van der Waals surface area (Å²) in [7, 11) is 0. The molecular weight excluding hydrogens is 152 g/mol. The van der Waals surface area contributed by atoms with Gasteiger partial charge in [-0.15, -0.1) is 0 Å². The number of hydrogen-bond acceptors (Lipinski definition) is 2. The molecule has 0 heterocycles. The van der Waals surface area contributed by atoms with Gasteiger partial charge >= 0.3 is 0 Å². The molecule has 0 aliphatic rings. The Hall–Kier alpha value is -0.0800. The van der Waals surface area contributed by atoms with E-state index in [1.165, 1.54) is 0 Å². The van der Waals surface area contributed by atoms with Crippen molar-refractivity contribution in [1.29, 1.82) is 0 Å². The lowest BCUT2D eigenvalue weighted by Crippen LogP contribution is -2.30. The second-order valence-electron chi connectivity index (χ2n) is 3.40. The van der Waals surface area contributed by atoms with E-state index in [0.717, 1.165) is 25.7 Å². The van der Waals surface area contributed by atoms with Crippen LogP contribution in [0, 0.1) is 5.92 Å². The van der Waals surface area contributed by atoms with Crippen LogP contribution in [0.25, 0.3) is 0 Å². The molecule has 74 valence electrons. The molecule has 0 saturated heterocycles. The maximum Gasteiger partial charge on any atom is 0.0592 e. The van der Waals surface area contributed by atoms with E-state index in [-0.39, 0.29) is 18.1 Å². The third kappa shape index (κ3) is 3.55. The van der Waals surface area contributed by atoms with Gasteiger partial charge in [-0.1, -0.05) is 27.2 Å². The molecular formula is C10H22O2. The molecule has 0 bridgehead atoms. The van der Waals surface area contributed by atoms with Crippen LogP contribution >= 0.6 is 0 Å². The fourth-order valence-electron chi connectivity index (χ4n) is 1.61. The highest BCUT2D eigenvalue weighted by atomic mass is 16.3. The van der Waals surface area contributed by atoms with Crippen LogP contribution in [0.4, 0.5) is 0 Å². The van der Waals surface area contributed by atoms with E-state index in [1.54, 1.807) is 0 Å². The van der Waals surface area contributed by atoms with E-state index in [2.05, 4.69) is 0 Å². The van der Waals surface area contributed by atoms with Crippen LogP contribution in [0.3, 0.4) is 0 Å². The fraction of sp³-hybridized carbons (Fsp3) is 1.00. The number of aliphatic hydroxyl groups is 2. The number of rotatable bonds is 6. The van der Waals surface area contributed by atoms with Crippen molar-refractivity contribution in [1.82, 2.24) is 0 Å². The Morgan fingerprint density at radius 3 is 1.83 bits per heavy atom. The van der Waals surface area contributed by atoms with Gasteiger partial charge in [0.05, 0.1) is 12.2 Å². The predicted octanol–water partition coefficient (Wildman–Crippen LogP) is 1.94. The van der Waals surface area contributed by atoms with Crippen molar-refractivity contribution in [3.05, 3.63) is 0 Å². The molecule has 0 rings (SSSR count). The van der Waals surface area contributed by atoms with Gasteiger partial charge in [0.1, 0.15) is 0 Å². The highest BCUT2D eigenvalue weighted by Gasteiger charge is 2.22. The summed E-state index contributed by atoms with van der Waals surface area (Å²) in [5.41, 5.74) is 0. The second-order valence-corrected chi connectivity index (χ2v) is 3.40. The lowest BCUT2D eigenvalue weighted by Gasteiger charge is -2.25. The van der Waals surface area contributed by atoms with Crippen molar-refractivity contribution >= 4 is 0 Å². The van der Waals surface area contributed by atoms with Crippen molar-refractivity contribution in [3.8, 4) is 0 Å². The zero-order chi connectivity index (χ0) is 9.56. The van der Waals surface area contributed by atoms with Crippen LogP contribution in [-0.4, -0.2) is 22.4 Å². The zero-order valence-electron chi connectivity index (χ0n) is 8.45. The SMILES string of the molecule is CCCC(O)C(CC)C(O)CC. The molecule has 0 spiro atoms. The van der Waals surface area contributed by atoms with Gasteiger partial charge in [0.25, 0.3) is 0 Å². The molecule has 2 heteroatoms. The first-order chi connectivity index (χ1) is 5.67. The molecule has 0 fully saturated rings. The van der Waals surface area contributed by atoms with Crippen molar-refractivity contribution < 1.29 is 10.2 Å². The van der Waals surface area contributed by atoms with Gasteiger partial charge < -0.3 is 10.2 Å². The summed E-state index contributed by atoms with van der Waals surface area (Å²) in [6.45, 7) is 6.02. The minimum Gasteiger partial charge on any atom is -0.393 e. The topological polar surface area (TPSA) is 40.5 Å². The zero-order valence-corrected chi connectivity index (χ0v) is 8.45. The Balaban J connectivity index is 3.94. The first-order valence-electron chi connectivity index (χ1n) is 5.03. The molecule has 2 N–H and O–H groups in total. The van der Waals surface area contributed by atoms with Crippen molar-refractivity contribution in [2.75, 3.05) is 0 Å². The quantitative estimate of drug-likeness (QED) is 0.646. The minimum absolute atomic E-state index is 0.0648. The Morgan fingerprint density at radius 1 is 0.917 bits per heavy atom. The van der Waals surface area contributed by atoms with E-state index in [1.807, 2.05) is 20.8 Å². The lowest BCUT2D eigenvalue weighted by molar-refractivity contribution is 0.00454. The van der Waals surface area contributed by atoms with E-state index < -0.39 is 0 Å². The summed E-state index contributed by atoms with van der Waals surface area (Å²) in [5.74, 6) is 0.0648. The average Bonchev–Trinajstić information content (AvgIpc) is 2.06. The first kappa shape index (κ1) is 11.9. The van der Waals surface area contributed by atoms with Crippen molar-refractivity contribution in [3.63, 3.8) is 0 Å². The fourth-order valence-corrected chi connectivity index (χ4v) is 1.61. The highest BCUT2D eigenvalue weighted by molar-refractivity contribution is 4.73. The predicted molar refractivity (Wildman–Crippen MR) is 51.0 cm³/mol. The molecule has 3 unspecified atom stereocenters. The first-order valence-corrected chi connectivity index (χ1v) is 5.03. The molecule has 0 aromatic carbocycles. The summed E-state index contributed by atoms with van der Waals surface area (Å²) < 4.78 is 0. The molecule has 12 heavy (non-hydrogen) atoms. The minimum atomic E-state index is -0.337. The van der Waals surface area contributed by atoms with Gasteiger partial charge in [0, 0.05) is 5.92 Å². The van der Waals surface area contributed by atoms with Crippen LogP contribution in [0.2, 0.25) is 0 Å². The standard InChI is InChI=1S/C10H22O2/c1-4-7-10(12)8(5-2)9(11)6-3/h8-12H,4-7H2,1-3H3. The van der Waals surface area contributed by atoms with E-state index in [9.17, 15) is 10.2 Å². The largest absolute Gasteiger partial charge is 0.393 e. The summed E-state index contributed by atoms with van der Waals surface area (Å²) in [4.78, 5) is 0. The van der Waals surface area contributed by atoms with Gasteiger partial charge in [-0.3, -0.25) is 0 Å². The van der Waals surface area contributed by atoms with Crippen LogP contribution in [0.1, 0.15) is 46.5 Å². The van der Waals surface area contributed by atoms with Crippen LogP contribution in [0.15, 0.2) is 0 Å². The van der Waals surface area contributed by atoms with Crippen molar-refractivity contribution in [2.24, 2.45) is 5.92 Å². The average molecular weight is 174 g/mol. The second kappa shape index (κ2) is 6.44. The lowest BCUT2D eigenvalue weighted by atomic mass is 9.89. The maximum absolute atomic E-state index is 9.65. The van der Waals surface area contributed by atoms with Gasteiger partial charge in [0.15, 0.2) is 0 Å². The molecule has 0 aromatic heterocycles. The summed E-state index contributed by atoms with van der Waals surface area (Å²) >= 11 is 0. The Bertz CT molecular complexity index is 104. The van der Waals surface area contributed by atoms with Crippen LogP contribution < -0.4 is 0 Å². The third-order valence-corrected chi connectivity index (χ3v) is 2.46. The van der Waals surface area contributed by atoms with Crippen molar-refractivity contribution in [2.45, 2.75) is 58.7 Å². The Labute approximate surface area is 75.6 Å². The smallest absolute Gasteiger partial charge is 0.0592 e. The monoisotopic (exact) mass is 174 g/mol. The summed E-state index contributed by atoms with van der Waals surface area (Å²) in [6.07, 6.45) is 2.71. The summed E-state index contributed by atoms with van der Waals surface area (Å²) in [5, 5.41) is 19.2.